The largest absolute Gasteiger partial charge is 0.376 e. The third-order valence-electron chi connectivity index (χ3n) is 2.73. The molecular weight excluding hydrogens is 236 g/mol. The Labute approximate surface area is 104 Å². The summed E-state index contributed by atoms with van der Waals surface area (Å²) in [5, 5.41) is 22.5. The summed E-state index contributed by atoms with van der Waals surface area (Å²) in [4.78, 5) is 13.9. The predicted octanol–water partition coefficient (Wildman–Crippen LogP) is 1.45. The molecule has 0 amide bonds. The van der Waals surface area contributed by atoms with Gasteiger partial charge < -0.3 is 10.1 Å². The van der Waals surface area contributed by atoms with Crippen LogP contribution >= 0.6 is 0 Å². The fourth-order valence-electron chi connectivity index (χ4n) is 1.80. The zero-order valence-corrected chi connectivity index (χ0v) is 9.63. The Kier molecular flexibility index (Phi) is 3.69. The van der Waals surface area contributed by atoms with E-state index in [0.29, 0.717) is 12.4 Å². The van der Waals surface area contributed by atoms with Crippen LogP contribution in [0.4, 0.5) is 11.5 Å². The molecule has 7 nitrogen and oxygen atoms in total. The van der Waals surface area contributed by atoms with E-state index in [2.05, 4.69) is 10.3 Å². The third kappa shape index (κ3) is 2.73. The van der Waals surface area contributed by atoms with Gasteiger partial charge >= 0.3 is 0 Å². The van der Waals surface area contributed by atoms with Crippen LogP contribution in [0.1, 0.15) is 18.4 Å². The molecule has 0 saturated carbocycles. The van der Waals surface area contributed by atoms with Crippen molar-refractivity contribution in [2.75, 3.05) is 18.5 Å². The third-order valence-corrected chi connectivity index (χ3v) is 2.73. The number of nitriles is 1. The van der Waals surface area contributed by atoms with Gasteiger partial charge in [0.1, 0.15) is 23.6 Å². The molecule has 1 fully saturated rings. The van der Waals surface area contributed by atoms with E-state index in [1.165, 1.54) is 6.07 Å². The fourth-order valence-corrected chi connectivity index (χ4v) is 1.80. The SMILES string of the molecule is N#Cc1cc([N+](=O)[O-])cnc1NCC1CCCO1. The minimum atomic E-state index is -0.572. The van der Waals surface area contributed by atoms with E-state index >= 15 is 0 Å². The van der Waals surface area contributed by atoms with Crippen LogP contribution in [0.2, 0.25) is 0 Å². The first kappa shape index (κ1) is 12.3. The molecule has 1 N–H and O–H groups in total. The lowest BCUT2D eigenvalue weighted by Crippen LogP contribution is -2.19. The molecule has 1 unspecified atom stereocenters. The quantitative estimate of drug-likeness (QED) is 0.639. The maximum Gasteiger partial charge on any atom is 0.289 e. The molecule has 2 heterocycles. The second-order valence-corrected chi connectivity index (χ2v) is 3.97. The summed E-state index contributed by atoms with van der Waals surface area (Å²) >= 11 is 0. The zero-order valence-electron chi connectivity index (χ0n) is 9.63. The van der Waals surface area contributed by atoms with Gasteiger partial charge in [-0.15, -0.1) is 0 Å². The molecule has 0 bridgehead atoms. The summed E-state index contributed by atoms with van der Waals surface area (Å²) in [7, 11) is 0. The summed E-state index contributed by atoms with van der Waals surface area (Å²) in [6.07, 6.45) is 3.26. The van der Waals surface area contributed by atoms with Crippen molar-refractivity contribution < 1.29 is 9.66 Å². The van der Waals surface area contributed by atoms with Gasteiger partial charge in [0.15, 0.2) is 0 Å². The molecule has 1 aromatic rings. The molecule has 1 saturated heterocycles. The van der Waals surface area contributed by atoms with Gasteiger partial charge in [-0.3, -0.25) is 10.1 Å². The lowest BCUT2D eigenvalue weighted by Gasteiger charge is -2.11. The van der Waals surface area contributed by atoms with Crippen LogP contribution in [-0.2, 0) is 4.74 Å². The number of pyridine rings is 1. The summed E-state index contributed by atoms with van der Waals surface area (Å²) in [6, 6.07) is 3.11. The minimum absolute atomic E-state index is 0.119. The summed E-state index contributed by atoms with van der Waals surface area (Å²) in [5.41, 5.74) is -0.0172. The molecule has 7 heteroatoms. The molecular formula is C11H12N4O3. The monoisotopic (exact) mass is 248 g/mol. The fraction of sp³-hybridized carbons (Fsp3) is 0.455. The van der Waals surface area contributed by atoms with Gasteiger partial charge in [0, 0.05) is 19.2 Å². The van der Waals surface area contributed by atoms with E-state index in [4.69, 9.17) is 10.00 Å². The highest BCUT2D eigenvalue weighted by Gasteiger charge is 2.17. The smallest absolute Gasteiger partial charge is 0.289 e. The Morgan fingerprint density at radius 1 is 1.72 bits per heavy atom. The first-order valence-electron chi connectivity index (χ1n) is 5.60. The number of anilines is 1. The van der Waals surface area contributed by atoms with Gasteiger partial charge in [-0.05, 0) is 12.8 Å². The summed E-state index contributed by atoms with van der Waals surface area (Å²) in [6.45, 7) is 1.31. The Morgan fingerprint density at radius 2 is 2.56 bits per heavy atom. The molecule has 2 rings (SSSR count). The highest BCUT2D eigenvalue weighted by molar-refractivity contribution is 5.55. The molecule has 0 radical (unpaired) electrons. The van der Waals surface area contributed by atoms with Crippen molar-refractivity contribution >= 4 is 11.5 Å². The van der Waals surface area contributed by atoms with Crippen LogP contribution in [0.15, 0.2) is 12.3 Å². The number of nitrogens with zero attached hydrogens (tertiary/aromatic N) is 3. The highest BCUT2D eigenvalue weighted by atomic mass is 16.6. The molecule has 0 spiro atoms. The molecule has 18 heavy (non-hydrogen) atoms. The van der Waals surface area contributed by atoms with Crippen LogP contribution in [0.25, 0.3) is 0 Å². The molecule has 1 aromatic heterocycles. The Hall–Kier alpha value is -2.20. The number of hydrogen-bond donors (Lipinski definition) is 1. The maximum absolute atomic E-state index is 10.6. The van der Waals surface area contributed by atoms with E-state index in [-0.39, 0.29) is 17.4 Å². The van der Waals surface area contributed by atoms with Crippen LogP contribution in [0, 0.1) is 21.4 Å². The van der Waals surface area contributed by atoms with E-state index < -0.39 is 4.92 Å². The zero-order chi connectivity index (χ0) is 13.0. The average molecular weight is 248 g/mol. The van der Waals surface area contributed by atoms with Crippen LogP contribution in [0.5, 0.6) is 0 Å². The number of ether oxygens (including phenoxy) is 1. The second-order valence-electron chi connectivity index (χ2n) is 3.97. The van der Waals surface area contributed by atoms with Gasteiger partial charge in [-0.2, -0.15) is 5.26 Å². The number of nitro groups is 1. The van der Waals surface area contributed by atoms with Gasteiger partial charge in [-0.1, -0.05) is 0 Å². The molecule has 1 aliphatic rings. The van der Waals surface area contributed by atoms with Gasteiger partial charge in [0.05, 0.1) is 11.0 Å². The van der Waals surface area contributed by atoms with Gasteiger partial charge in [0.2, 0.25) is 0 Å². The first-order valence-corrected chi connectivity index (χ1v) is 5.60. The van der Waals surface area contributed by atoms with E-state index in [1.807, 2.05) is 6.07 Å². The first-order chi connectivity index (χ1) is 8.70. The van der Waals surface area contributed by atoms with Crippen molar-refractivity contribution in [2.24, 2.45) is 0 Å². The van der Waals surface area contributed by atoms with Crippen molar-refractivity contribution in [3.8, 4) is 6.07 Å². The number of rotatable bonds is 4. The van der Waals surface area contributed by atoms with Gasteiger partial charge in [0.25, 0.3) is 5.69 Å². The van der Waals surface area contributed by atoms with E-state index in [0.717, 1.165) is 25.6 Å². The molecule has 0 aliphatic carbocycles. The van der Waals surface area contributed by atoms with Crippen molar-refractivity contribution in [1.82, 2.24) is 4.98 Å². The van der Waals surface area contributed by atoms with Crippen LogP contribution < -0.4 is 5.32 Å². The van der Waals surface area contributed by atoms with Crippen LogP contribution in [0.3, 0.4) is 0 Å². The van der Waals surface area contributed by atoms with E-state index in [1.54, 1.807) is 0 Å². The second kappa shape index (κ2) is 5.42. The number of aromatic nitrogens is 1. The summed E-state index contributed by atoms with van der Waals surface area (Å²) < 4.78 is 5.43. The highest BCUT2D eigenvalue weighted by Crippen LogP contribution is 2.19. The van der Waals surface area contributed by atoms with Crippen molar-refractivity contribution in [3.63, 3.8) is 0 Å². The van der Waals surface area contributed by atoms with Crippen molar-refractivity contribution in [3.05, 3.63) is 27.9 Å². The van der Waals surface area contributed by atoms with Gasteiger partial charge in [-0.25, -0.2) is 4.98 Å². The number of hydrogen-bond acceptors (Lipinski definition) is 6. The lowest BCUT2D eigenvalue weighted by atomic mass is 10.2. The van der Waals surface area contributed by atoms with Crippen LogP contribution in [-0.4, -0.2) is 29.2 Å². The standard InChI is InChI=1S/C11H12N4O3/c12-5-8-4-9(15(16)17)6-13-11(8)14-7-10-2-1-3-18-10/h4,6,10H,1-3,7H2,(H,13,14). The minimum Gasteiger partial charge on any atom is -0.376 e. The van der Waals surface area contributed by atoms with Crippen molar-refractivity contribution in [2.45, 2.75) is 18.9 Å². The maximum atomic E-state index is 10.6. The molecule has 1 atom stereocenters. The van der Waals surface area contributed by atoms with E-state index in [9.17, 15) is 10.1 Å². The Morgan fingerprint density at radius 3 is 3.17 bits per heavy atom. The molecule has 0 aromatic carbocycles. The molecule has 1 aliphatic heterocycles. The molecule has 94 valence electrons. The Balaban J connectivity index is 2.07. The number of nitrogens with one attached hydrogen (secondary N) is 1. The lowest BCUT2D eigenvalue weighted by molar-refractivity contribution is -0.385. The normalized spacial score (nSPS) is 18.3. The van der Waals surface area contributed by atoms with Crippen molar-refractivity contribution in [1.29, 1.82) is 5.26 Å². The topological polar surface area (TPSA) is 101 Å². The summed E-state index contributed by atoms with van der Waals surface area (Å²) in [5.74, 6) is 0.360. The predicted molar refractivity (Wildman–Crippen MR) is 63.1 cm³/mol. The average Bonchev–Trinajstić information content (AvgIpc) is 2.89. The Bertz CT molecular complexity index is 492.